The summed E-state index contributed by atoms with van der Waals surface area (Å²) < 4.78 is 146. The van der Waals surface area contributed by atoms with Gasteiger partial charge in [-0.3, -0.25) is 0 Å². The highest BCUT2D eigenvalue weighted by molar-refractivity contribution is 7.90. The molecule has 0 saturated heterocycles. The maximum atomic E-state index is 14.4. The zero-order chi connectivity index (χ0) is 46.2. The van der Waals surface area contributed by atoms with Crippen molar-refractivity contribution in [1.29, 1.82) is 0 Å². The van der Waals surface area contributed by atoms with E-state index in [4.69, 9.17) is 0 Å². The molecule has 0 atom stereocenters. The van der Waals surface area contributed by atoms with Crippen molar-refractivity contribution in [3.63, 3.8) is 0 Å². The molecular formula is C43H53N5O10S5. The first-order valence-electron chi connectivity index (χ1n) is 19.9. The van der Waals surface area contributed by atoms with Crippen molar-refractivity contribution in [2.24, 2.45) is 0 Å². The Bertz CT molecular complexity index is 2730. The number of nitrogens with zero attached hydrogens (tertiary/aromatic N) is 3. The lowest BCUT2D eigenvalue weighted by atomic mass is 10.2. The van der Waals surface area contributed by atoms with Gasteiger partial charge in [-0.05, 0) is 95.3 Å². The molecular weight excluding hydrogens is 907 g/mol. The molecule has 20 heteroatoms. The molecule has 0 spiro atoms. The third kappa shape index (κ3) is 12.9. The Kier molecular flexibility index (Phi) is 16.3. The second-order valence-electron chi connectivity index (χ2n) is 15.1. The molecule has 0 saturated carbocycles. The lowest BCUT2D eigenvalue weighted by Crippen LogP contribution is -2.47. The monoisotopic (exact) mass is 959 g/mol. The Morgan fingerprint density at radius 1 is 0.302 bits per heavy atom. The highest BCUT2D eigenvalue weighted by Crippen LogP contribution is 2.22. The molecule has 15 nitrogen and oxygen atoms in total. The fourth-order valence-electron chi connectivity index (χ4n) is 6.29. The van der Waals surface area contributed by atoms with E-state index in [0.29, 0.717) is 0 Å². The van der Waals surface area contributed by atoms with E-state index in [9.17, 15) is 42.1 Å². The van der Waals surface area contributed by atoms with Crippen molar-refractivity contribution >= 4 is 50.1 Å². The Labute approximate surface area is 373 Å². The molecule has 0 aliphatic rings. The molecule has 2 N–H and O–H groups in total. The van der Waals surface area contributed by atoms with Crippen LogP contribution in [0.4, 0.5) is 0 Å². The van der Waals surface area contributed by atoms with Gasteiger partial charge in [-0.1, -0.05) is 88.5 Å². The van der Waals surface area contributed by atoms with E-state index in [-0.39, 0.29) is 37.6 Å². The van der Waals surface area contributed by atoms with Crippen LogP contribution in [-0.4, -0.2) is 107 Å². The first-order chi connectivity index (χ1) is 29.5. The van der Waals surface area contributed by atoms with Crippen molar-refractivity contribution in [2.45, 2.75) is 59.1 Å². The maximum Gasteiger partial charge on any atom is 0.243 e. The molecule has 0 fully saturated rings. The van der Waals surface area contributed by atoms with Gasteiger partial charge < -0.3 is 0 Å². The first kappa shape index (κ1) is 49.7. The standard InChI is InChI=1S/C43H53N5O10S5/c1-34-6-16-39(17-7-34)59(49,50)44-26-28-46(61(53,54)41-20-10-36(3)11-21-41)30-32-48(63(57,58)43-24-14-38(5)15-25-43)33-31-47(62(55,56)42-22-12-37(4)13-23-42)29-27-45-60(51,52)40-18-8-35(2)9-19-40/h6-25,44-45H,26-33H2,1-5H3. The minimum Gasteiger partial charge on any atom is -0.210 e. The number of aryl methyl sites for hydroxylation is 5. The van der Waals surface area contributed by atoms with Crippen LogP contribution < -0.4 is 9.44 Å². The highest BCUT2D eigenvalue weighted by Gasteiger charge is 2.32. The van der Waals surface area contributed by atoms with Crippen LogP contribution >= 0.6 is 0 Å². The molecule has 0 aliphatic carbocycles. The van der Waals surface area contributed by atoms with Crippen LogP contribution in [0.1, 0.15) is 27.8 Å². The molecule has 0 bridgehead atoms. The molecule has 0 aromatic heterocycles. The second kappa shape index (κ2) is 20.7. The molecule has 5 aromatic carbocycles. The minimum atomic E-state index is -4.44. The van der Waals surface area contributed by atoms with Gasteiger partial charge in [0, 0.05) is 52.4 Å². The van der Waals surface area contributed by atoms with Crippen molar-refractivity contribution < 1.29 is 42.1 Å². The summed E-state index contributed by atoms with van der Waals surface area (Å²) in [5, 5.41) is 0. The lowest BCUT2D eigenvalue weighted by molar-refractivity contribution is 0.317. The van der Waals surface area contributed by atoms with E-state index in [1.807, 2.05) is 0 Å². The van der Waals surface area contributed by atoms with Crippen LogP contribution in [0.3, 0.4) is 0 Å². The third-order valence-corrected chi connectivity index (χ3v) is 18.8. The van der Waals surface area contributed by atoms with E-state index in [2.05, 4.69) is 9.44 Å². The molecule has 0 amide bonds. The average molecular weight is 960 g/mol. The first-order valence-corrected chi connectivity index (χ1v) is 27.1. The van der Waals surface area contributed by atoms with Crippen LogP contribution in [0.2, 0.25) is 0 Å². The van der Waals surface area contributed by atoms with Crippen LogP contribution in [0, 0.1) is 34.6 Å². The predicted octanol–water partition coefficient (Wildman–Crippen LogP) is 4.56. The highest BCUT2D eigenvalue weighted by atomic mass is 32.2. The summed E-state index contributed by atoms with van der Waals surface area (Å²) >= 11 is 0. The van der Waals surface area contributed by atoms with Crippen LogP contribution in [0.15, 0.2) is 146 Å². The summed E-state index contributed by atoms with van der Waals surface area (Å²) in [6.45, 7) is 5.53. The third-order valence-electron chi connectivity index (χ3n) is 10.1. The predicted molar refractivity (Wildman–Crippen MR) is 243 cm³/mol. The number of rotatable bonds is 22. The number of hydrogen-bond donors (Lipinski definition) is 2. The molecule has 0 aliphatic heterocycles. The molecule has 0 radical (unpaired) electrons. The molecule has 0 heterocycles. The topological polar surface area (TPSA) is 204 Å². The van der Waals surface area contributed by atoms with E-state index in [1.54, 1.807) is 95.3 Å². The van der Waals surface area contributed by atoms with Crippen LogP contribution in [-0.2, 0) is 50.1 Å². The zero-order valence-electron chi connectivity index (χ0n) is 35.7. The number of hydrogen-bond acceptors (Lipinski definition) is 10. The minimum absolute atomic E-state index is 0.0236. The Hall–Kier alpha value is -4.35. The normalized spacial score (nSPS) is 13.0. The van der Waals surface area contributed by atoms with Gasteiger partial charge in [0.1, 0.15) is 0 Å². The summed E-state index contributed by atoms with van der Waals surface area (Å²) in [7, 11) is -21.3. The molecule has 5 aromatic rings. The molecule has 0 unspecified atom stereocenters. The van der Waals surface area contributed by atoms with Crippen molar-refractivity contribution in [2.75, 3.05) is 52.4 Å². The van der Waals surface area contributed by atoms with E-state index < -0.39 is 89.4 Å². The van der Waals surface area contributed by atoms with Crippen molar-refractivity contribution in [3.05, 3.63) is 149 Å². The molecule has 5 rings (SSSR count). The smallest absolute Gasteiger partial charge is 0.210 e. The summed E-state index contributed by atoms with van der Waals surface area (Å²) in [5.74, 6) is 0. The van der Waals surface area contributed by atoms with Gasteiger partial charge in [0.05, 0.1) is 24.5 Å². The maximum absolute atomic E-state index is 14.4. The Balaban J connectivity index is 1.47. The van der Waals surface area contributed by atoms with Gasteiger partial charge in [0.2, 0.25) is 50.1 Å². The number of sulfonamides is 5. The fraction of sp³-hybridized carbons (Fsp3) is 0.302. The summed E-state index contributed by atoms with van der Waals surface area (Å²) in [6.07, 6.45) is 0. The molecule has 63 heavy (non-hydrogen) atoms. The van der Waals surface area contributed by atoms with E-state index >= 15 is 0 Å². The Morgan fingerprint density at radius 3 is 0.714 bits per heavy atom. The van der Waals surface area contributed by atoms with Gasteiger partial charge in [-0.2, -0.15) is 12.9 Å². The summed E-state index contributed by atoms with van der Waals surface area (Å²) in [6, 6.07) is 30.2. The summed E-state index contributed by atoms with van der Waals surface area (Å²) in [5.41, 5.74) is 4.03. The zero-order valence-corrected chi connectivity index (χ0v) is 39.8. The SMILES string of the molecule is Cc1ccc(S(=O)(=O)NCCN(CCN(CCN(CCNS(=O)(=O)c2ccc(C)cc2)S(=O)(=O)c2ccc(C)cc2)S(=O)(=O)c2ccc(C)cc2)S(=O)(=O)c2ccc(C)cc2)cc1. The van der Waals surface area contributed by atoms with Crippen molar-refractivity contribution in [3.8, 4) is 0 Å². The van der Waals surface area contributed by atoms with E-state index in [0.717, 1.165) is 40.7 Å². The van der Waals surface area contributed by atoms with Gasteiger partial charge in [0.25, 0.3) is 0 Å². The van der Waals surface area contributed by atoms with Gasteiger partial charge in [-0.15, -0.1) is 0 Å². The van der Waals surface area contributed by atoms with Crippen LogP contribution in [0.5, 0.6) is 0 Å². The lowest BCUT2D eigenvalue weighted by Gasteiger charge is -2.29. The number of benzene rings is 5. The number of nitrogens with one attached hydrogen (secondary N) is 2. The Morgan fingerprint density at radius 2 is 0.492 bits per heavy atom. The second-order valence-corrected chi connectivity index (χ2v) is 24.4. The van der Waals surface area contributed by atoms with E-state index in [1.165, 1.54) is 60.7 Å². The summed E-state index contributed by atoms with van der Waals surface area (Å²) in [4.78, 5) is -0.392. The van der Waals surface area contributed by atoms with Gasteiger partial charge >= 0.3 is 0 Å². The van der Waals surface area contributed by atoms with Gasteiger partial charge in [-0.25, -0.2) is 51.5 Å². The fourth-order valence-corrected chi connectivity index (χ4v) is 12.6. The molecule has 340 valence electrons. The van der Waals surface area contributed by atoms with Crippen molar-refractivity contribution in [1.82, 2.24) is 22.4 Å². The average Bonchev–Trinajstić information content (AvgIpc) is 3.22. The largest absolute Gasteiger partial charge is 0.243 e. The van der Waals surface area contributed by atoms with Gasteiger partial charge in [0.15, 0.2) is 0 Å². The quantitative estimate of drug-likeness (QED) is 0.0990. The van der Waals surface area contributed by atoms with Crippen LogP contribution in [0.25, 0.3) is 0 Å².